The van der Waals surface area contributed by atoms with E-state index in [2.05, 4.69) is 61.8 Å². The van der Waals surface area contributed by atoms with Crippen LogP contribution in [-0.2, 0) is 4.74 Å². The van der Waals surface area contributed by atoms with Gasteiger partial charge in [0.25, 0.3) is 0 Å². The highest BCUT2D eigenvalue weighted by Gasteiger charge is 2.14. The van der Waals surface area contributed by atoms with Crippen LogP contribution in [0.3, 0.4) is 0 Å². The zero-order valence-corrected chi connectivity index (χ0v) is 12.7. The molecule has 20 heavy (non-hydrogen) atoms. The van der Waals surface area contributed by atoms with E-state index < -0.39 is 0 Å². The van der Waals surface area contributed by atoms with E-state index in [0.29, 0.717) is 17.9 Å². The second-order valence-electron chi connectivity index (χ2n) is 5.71. The van der Waals surface area contributed by atoms with Crippen molar-refractivity contribution in [1.82, 2.24) is 5.32 Å². The van der Waals surface area contributed by atoms with Gasteiger partial charge in [0.1, 0.15) is 5.76 Å². The molecule has 0 amide bonds. The van der Waals surface area contributed by atoms with Crippen molar-refractivity contribution in [2.45, 2.75) is 38.6 Å². The molecular formula is C18H27NO. The molecule has 2 heteroatoms. The van der Waals surface area contributed by atoms with Crippen molar-refractivity contribution in [1.29, 1.82) is 0 Å². The number of hydrogen-bond donors (Lipinski definition) is 1. The van der Waals surface area contributed by atoms with Gasteiger partial charge in [-0.25, -0.2) is 0 Å². The third kappa shape index (κ3) is 4.68. The summed E-state index contributed by atoms with van der Waals surface area (Å²) in [5.74, 6) is 2.22. The van der Waals surface area contributed by atoms with E-state index in [4.69, 9.17) is 4.74 Å². The van der Waals surface area contributed by atoms with Crippen LogP contribution in [0.4, 0.5) is 0 Å². The number of nitrogens with one attached hydrogen (secondary N) is 1. The van der Waals surface area contributed by atoms with Crippen LogP contribution in [0.2, 0.25) is 0 Å². The first-order valence-electron chi connectivity index (χ1n) is 7.83. The molecule has 0 saturated carbocycles. The zero-order chi connectivity index (χ0) is 14.2. The second kappa shape index (κ2) is 8.11. The lowest BCUT2D eigenvalue weighted by molar-refractivity contribution is 0.190. The molecule has 0 radical (unpaired) electrons. The van der Waals surface area contributed by atoms with Gasteiger partial charge in [-0.1, -0.05) is 37.3 Å². The lowest BCUT2D eigenvalue weighted by Crippen LogP contribution is -2.26. The topological polar surface area (TPSA) is 21.3 Å². The normalized spacial score (nSPS) is 26.4. The summed E-state index contributed by atoms with van der Waals surface area (Å²) in [6.45, 7) is 3.03. The molecule has 2 rings (SSSR count). The van der Waals surface area contributed by atoms with E-state index in [1.54, 1.807) is 0 Å². The molecule has 0 aromatic rings. The van der Waals surface area contributed by atoms with Crippen LogP contribution in [0.25, 0.3) is 0 Å². The summed E-state index contributed by atoms with van der Waals surface area (Å²) in [5.41, 5.74) is 0. The minimum Gasteiger partial charge on any atom is -0.493 e. The fourth-order valence-electron chi connectivity index (χ4n) is 2.74. The summed E-state index contributed by atoms with van der Waals surface area (Å²) in [4.78, 5) is 0. The van der Waals surface area contributed by atoms with Gasteiger partial charge < -0.3 is 10.1 Å². The molecule has 2 nitrogen and oxygen atoms in total. The van der Waals surface area contributed by atoms with Crippen LogP contribution in [0.1, 0.15) is 32.6 Å². The van der Waals surface area contributed by atoms with Crippen molar-refractivity contribution in [3.63, 3.8) is 0 Å². The maximum absolute atomic E-state index is 5.90. The molecule has 110 valence electrons. The molecule has 0 aromatic heterocycles. The van der Waals surface area contributed by atoms with Crippen LogP contribution in [0.15, 0.2) is 48.3 Å². The second-order valence-corrected chi connectivity index (χ2v) is 5.71. The lowest BCUT2D eigenvalue weighted by atomic mass is 9.92. The number of ether oxygens (including phenoxy) is 1. The smallest absolute Gasteiger partial charge is 0.115 e. The van der Waals surface area contributed by atoms with Gasteiger partial charge >= 0.3 is 0 Å². The molecule has 1 N–H and O–H groups in total. The molecule has 2 aliphatic rings. The summed E-state index contributed by atoms with van der Waals surface area (Å²) in [5, 5.41) is 3.38. The minimum atomic E-state index is 0.529. The van der Waals surface area contributed by atoms with Gasteiger partial charge in [0, 0.05) is 12.0 Å². The van der Waals surface area contributed by atoms with E-state index in [1.165, 1.54) is 12.8 Å². The Morgan fingerprint density at radius 3 is 2.75 bits per heavy atom. The first-order chi connectivity index (χ1) is 9.81. The van der Waals surface area contributed by atoms with Crippen LogP contribution in [0, 0.1) is 11.8 Å². The van der Waals surface area contributed by atoms with Crippen molar-refractivity contribution < 1.29 is 4.74 Å². The highest BCUT2D eigenvalue weighted by atomic mass is 16.5. The maximum atomic E-state index is 5.90. The van der Waals surface area contributed by atoms with Crippen molar-refractivity contribution in [2.24, 2.45) is 11.8 Å². The van der Waals surface area contributed by atoms with Crippen molar-refractivity contribution in [3.05, 3.63) is 48.3 Å². The van der Waals surface area contributed by atoms with Gasteiger partial charge in [-0.05, 0) is 50.8 Å². The lowest BCUT2D eigenvalue weighted by Gasteiger charge is -2.22. The highest BCUT2D eigenvalue weighted by molar-refractivity contribution is 5.19. The number of rotatable bonds is 7. The Morgan fingerprint density at radius 1 is 1.25 bits per heavy atom. The fraction of sp³-hybridized carbons (Fsp3) is 0.556. The molecule has 0 spiro atoms. The molecular weight excluding hydrogens is 246 g/mol. The molecule has 2 aliphatic carbocycles. The predicted octanol–water partition coefficient (Wildman–Crippen LogP) is 3.98. The first kappa shape index (κ1) is 15.1. The molecule has 0 heterocycles. The summed E-state index contributed by atoms with van der Waals surface area (Å²) >= 11 is 0. The summed E-state index contributed by atoms with van der Waals surface area (Å²) in [7, 11) is 2.05. The minimum absolute atomic E-state index is 0.529. The summed E-state index contributed by atoms with van der Waals surface area (Å²) in [6, 6.07) is 0.625. The Hall–Kier alpha value is -1.28. The maximum Gasteiger partial charge on any atom is 0.115 e. The third-order valence-corrected chi connectivity index (χ3v) is 4.18. The number of allylic oxidation sites excluding steroid dienone is 6. The van der Waals surface area contributed by atoms with E-state index in [0.717, 1.165) is 25.2 Å². The molecule has 0 bridgehead atoms. The SMILES string of the molecule is CCC(CC1C=CC(OCC2C=CC=CC2)=CC1)NC. The molecule has 3 unspecified atom stereocenters. The van der Waals surface area contributed by atoms with E-state index in [9.17, 15) is 0 Å². The van der Waals surface area contributed by atoms with Crippen LogP contribution < -0.4 is 5.32 Å². The average Bonchev–Trinajstić information content (AvgIpc) is 2.53. The molecule has 0 fully saturated rings. The van der Waals surface area contributed by atoms with Crippen LogP contribution in [-0.4, -0.2) is 19.7 Å². The highest BCUT2D eigenvalue weighted by Crippen LogP contribution is 2.23. The van der Waals surface area contributed by atoms with Crippen molar-refractivity contribution >= 4 is 0 Å². The standard InChI is InChI=1S/C18H27NO/c1-3-17(19-2)13-15-9-11-18(12-10-15)20-14-16-7-5-4-6-8-16/h4-7,9,11-12,15-17,19H,3,8,10,13-14H2,1-2H3. The van der Waals surface area contributed by atoms with Crippen molar-refractivity contribution in [3.8, 4) is 0 Å². The van der Waals surface area contributed by atoms with Gasteiger partial charge in [-0.15, -0.1) is 0 Å². The Labute approximate surface area is 123 Å². The van der Waals surface area contributed by atoms with E-state index in [1.807, 2.05) is 0 Å². The van der Waals surface area contributed by atoms with Gasteiger partial charge in [0.15, 0.2) is 0 Å². The van der Waals surface area contributed by atoms with E-state index >= 15 is 0 Å². The van der Waals surface area contributed by atoms with Crippen molar-refractivity contribution in [2.75, 3.05) is 13.7 Å². The summed E-state index contributed by atoms with van der Waals surface area (Å²) in [6.07, 6.45) is 20.0. The third-order valence-electron chi connectivity index (χ3n) is 4.18. The Morgan fingerprint density at radius 2 is 2.15 bits per heavy atom. The van der Waals surface area contributed by atoms with Crippen LogP contribution in [0.5, 0.6) is 0 Å². The molecule has 0 aliphatic heterocycles. The van der Waals surface area contributed by atoms with Gasteiger partial charge in [-0.2, -0.15) is 0 Å². The number of hydrogen-bond acceptors (Lipinski definition) is 2. The predicted molar refractivity (Wildman–Crippen MR) is 85.4 cm³/mol. The Balaban J connectivity index is 1.71. The molecule has 0 aromatic carbocycles. The molecule has 0 saturated heterocycles. The quantitative estimate of drug-likeness (QED) is 0.757. The zero-order valence-electron chi connectivity index (χ0n) is 12.7. The largest absolute Gasteiger partial charge is 0.493 e. The monoisotopic (exact) mass is 273 g/mol. The first-order valence-corrected chi connectivity index (χ1v) is 7.83. The average molecular weight is 273 g/mol. The molecule has 3 atom stereocenters. The Bertz CT molecular complexity index is 402. The van der Waals surface area contributed by atoms with Gasteiger partial charge in [0.2, 0.25) is 0 Å². The van der Waals surface area contributed by atoms with Gasteiger partial charge in [-0.3, -0.25) is 0 Å². The van der Waals surface area contributed by atoms with Gasteiger partial charge in [0.05, 0.1) is 6.61 Å². The van der Waals surface area contributed by atoms with Crippen LogP contribution >= 0.6 is 0 Å². The summed E-state index contributed by atoms with van der Waals surface area (Å²) < 4.78 is 5.90. The Kier molecular flexibility index (Phi) is 6.13. The fourth-order valence-corrected chi connectivity index (χ4v) is 2.74. The van der Waals surface area contributed by atoms with E-state index in [-0.39, 0.29) is 0 Å².